The molecule has 9 nitrogen and oxygen atoms in total. The first-order valence-electron chi connectivity index (χ1n) is 10.8. The predicted molar refractivity (Wildman–Crippen MR) is 124 cm³/mol. The van der Waals surface area contributed by atoms with Crippen LogP contribution in [0.25, 0.3) is 0 Å². The summed E-state index contributed by atoms with van der Waals surface area (Å²) < 4.78 is 10.8. The first kappa shape index (κ1) is 23.5. The summed E-state index contributed by atoms with van der Waals surface area (Å²) in [6.07, 6.45) is 0.993. The topological polar surface area (TPSA) is 101 Å². The van der Waals surface area contributed by atoms with E-state index >= 15 is 0 Å². The van der Waals surface area contributed by atoms with Gasteiger partial charge in [0.05, 0.1) is 31.8 Å². The number of rotatable bonds is 10. The molecule has 0 atom stereocenters. The molecular formula is C23H31N5O4. The highest BCUT2D eigenvalue weighted by molar-refractivity contribution is 5.79. The zero-order chi connectivity index (χ0) is 22.6. The maximum absolute atomic E-state index is 10.8. The highest BCUT2D eigenvalue weighted by Gasteiger charge is 2.10. The number of aliphatic imine (C=N–C) groups is 1. The van der Waals surface area contributed by atoms with E-state index in [-0.39, 0.29) is 5.69 Å². The summed E-state index contributed by atoms with van der Waals surface area (Å²) in [6.45, 7) is 6.35. The number of para-hydroxylation sites is 1. The van der Waals surface area contributed by atoms with Gasteiger partial charge in [-0.05, 0) is 24.6 Å². The standard InChI is InChI=1S/C23H31N5O4/c1-31-22-6-3-2-5-20(22)18-26-23(24-11-4-12-27-13-15-32-16-14-27)25-17-19-7-9-21(10-8-19)28(29)30/h2-3,5-10H,4,11-18H2,1H3,(H2,24,25,26). The summed E-state index contributed by atoms with van der Waals surface area (Å²) in [5.41, 5.74) is 2.02. The van der Waals surface area contributed by atoms with Crippen LogP contribution in [0.3, 0.4) is 0 Å². The molecule has 3 rings (SSSR count). The fourth-order valence-electron chi connectivity index (χ4n) is 3.43. The summed E-state index contributed by atoms with van der Waals surface area (Å²) in [6, 6.07) is 14.3. The van der Waals surface area contributed by atoms with E-state index < -0.39 is 4.92 Å². The average Bonchev–Trinajstić information content (AvgIpc) is 2.84. The largest absolute Gasteiger partial charge is 0.496 e. The minimum atomic E-state index is -0.400. The summed E-state index contributed by atoms with van der Waals surface area (Å²) in [7, 11) is 1.66. The van der Waals surface area contributed by atoms with Crippen molar-refractivity contribution >= 4 is 11.6 Å². The van der Waals surface area contributed by atoms with Crippen LogP contribution in [0.2, 0.25) is 0 Å². The lowest BCUT2D eigenvalue weighted by molar-refractivity contribution is -0.384. The predicted octanol–water partition coefficient (Wildman–Crippen LogP) is 2.56. The molecule has 2 aromatic carbocycles. The van der Waals surface area contributed by atoms with Crippen molar-refractivity contribution < 1.29 is 14.4 Å². The summed E-state index contributed by atoms with van der Waals surface area (Å²) in [5.74, 6) is 1.51. The zero-order valence-electron chi connectivity index (χ0n) is 18.5. The molecule has 0 saturated carbocycles. The highest BCUT2D eigenvalue weighted by Crippen LogP contribution is 2.16. The molecular weight excluding hydrogens is 410 g/mol. The van der Waals surface area contributed by atoms with E-state index in [1.54, 1.807) is 19.2 Å². The first-order valence-corrected chi connectivity index (χ1v) is 10.8. The zero-order valence-corrected chi connectivity index (χ0v) is 18.5. The van der Waals surface area contributed by atoms with Gasteiger partial charge in [0.2, 0.25) is 0 Å². The Bertz CT molecular complexity index is 882. The second-order valence-corrected chi connectivity index (χ2v) is 7.49. The molecule has 32 heavy (non-hydrogen) atoms. The molecule has 1 fully saturated rings. The molecule has 2 aromatic rings. The van der Waals surface area contributed by atoms with Crippen LogP contribution in [0.1, 0.15) is 17.5 Å². The molecule has 0 spiro atoms. The summed E-state index contributed by atoms with van der Waals surface area (Å²) in [5, 5.41) is 17.6. The number of nitrogens with zero attached hydrogens (tertiary/aromatic N) is 3. The van der Waals surface area contributed by atoms with Crippen LogP contribution in [-0.4, -0.2) is 62.3 Å². The minimum Gasteiger partial charge on any atom is -0.496 e. The number of non-ortho nitro benzene ring substituents is 1. The van der Waals surface area contributed by atoms with E-state index in [1.165, 1.54) is 12.1 Å². The molecule has 172 valence electrons. The van der Waals surface area contributed by atoms with Crippen LogP contribution >= 0.6 is 0 Å². The van der Waals surface area contributed by atoms with Crippen molar-refractivity contribution in [2.75, 3.05) is 46.5 Å². The van der Waals surface area contributed by atoms with Gasteiger partial charge in [-0.15, -0.1) is 0 Å². The molecule has 0 bridgehead atoms. The third kappa shape index (κ3) is 7.51. The molecule has 1 aliphatic heterocycles. The van der Waals surface area contributed by atoms with Crippen LogP contribution in [-0.2, 0) is 17.8 Å². The van der Waals surface area contributed by atoms with Crippen molar-refractivity contribution in [3.8, 4) is 5.75 Å². The third-order valence-corrected chi connectivity index (χ3v) is 5.25. The molecule has 0 unspecified atom stereocenters. The number of ether oxygens (including phenoxy) is 2. The fraction of sp³-hybridized carbons (Fsp3) is 0.435. The maximum atomic E-state index is 10.8. The number of benzene rings is 2. The van der Waals surface area contributed by atoms with Gasteiger partial charge in [0.1, 0.15) is 5.75 Å². The van der Waals surface area contributed by atoms with Crippen LogP contribution < -0.4 is 15.4 Å². The normalized spacial score (nSPS) is 14.7. The Morgan fingerprint density at radius 2 is 1.91 bits per heavy atom. The molecule has 1 heterocycles. The van der Waals surface area contributed by atoms with E-state index in [2.05, 4.69) is 20.5 Å². The lowest BCUT2D eigenvalue weighted by atomic mass is 10.2. The Morgan fingerprint density at radius 1 is 1.16 bits per heavy atom. The quantitative estimate of drug-likeness (QED) is 0.192. The highest BCUT2D eigenvalue weighted by atomic mass is 16.6. The van der Waals surface area contributed by atoms with E-state index in [0.29, 0.717) is 19.0 Å². The van der Waals surface area contributed by atoms with Crippen molar-refractivity contribution in [2.45, 2.75) is 19.5 Å². The molecule has 1 saturated heterocycles. The molecule has 0 aliphatic carbocycles. The number of nitro benzene ring substituents is 1. The molecule has 1 aliphatic rings. The number of guanidine groups is 1. The second-order valence-electron chi connectivity index (χ2n) is 7.49. The number of nitrogens with one attached hydrogen (secondary N) is 2. The van der Waals surface area contributed by atoms with E-state index in [9.17, 15) is 10.1 Å². The Balaban J connectivity index is 1.58. The van der Waals surface area contributed by atoms with Gasteiger partial charge in [0, 0.05) is 43.9 Å². The van der Waals surface area contributed by atoms with E-state index in [4.69, 9.17) is 9.47 Å². The lowest BCUT2D eigenvalue weighted by Crippen LogP contribution is -2.40. The summed E-state index contributed by atoms with van der Waals surface area (Å²) in [4.78, 5) is 17.5. The Hall–Kier alpha value is -3.17. The van der Waals surface area contributed by atoms with Crippen LogP contribution in [0.15, 0.2) is 53.5 Å². The molecule has 2 N–H and O–H groups in total. The monoisotopic (exact) mass is 441 g/mol. The number of nitro groups is 1. The molecule has 9 heteroatoms. The Kier molecular flexibility index (Phi) is 9.27. The van der Waals surface area contributed by atoms with Crippen LogP contribution in [0, 0.1) is 10.1 Å². The minimum absolute atomic E-state index is 0.0773. The fourth-order valence-corrected chi connectivity index (χ4v) is 3.43. The SMILES string of the molecule is COc1ccccc1CNC(=NCc1ccc([N+](=O)[O-])cc1)NCCCN1CCOCC1. The van der Waals surface area contributed by atoms with Gasteiger partial charge < -0.3 is 20.1 Å². The van der Waals surface area contributed by atoms with Crippen molar-refractivity contribution in [3.05, 3.63) is 69.8 Å². The van der Waals surface area contributed by atoms with Gasteiger partial charge in [-0.1, -0.05) is 30.3 Å². The van der Waals surface area contributed by atoms with Crippen molar-refractivity contribution in [1.29, 1.82) is 0 Å². The lowest BCUT2D eigenvalue weighted by Gasteiger charge is -2.26. The average molecular weight is 442 g/mol. The molecule has 0 amide bonds. The van der Waals surface area contributed by atoms with Gasteiger partial charge in [0.15, 0.2) is 5.96 Å². The second kappa shape index (κ2) is 12.6. The molecule has 0 radical (unpaired) electrons. The maximum Gasteiger partial charge on any atom is 0.269 e. The Morgan fingerprint density at radius 3 is 2.62 bits per heavy atom. The van der Waals surface area contributed by atoms with Gasteiger partial charge in [-0.2, -0.15) is 0 Å². The smallest absolute Gasteiger partial charge is 0.269 e. The van der Waals surface area contributed by atoms with Crippen molar-refractivity contribution in [1.82, 2.24) is 15.5 Å². The van der Waals surface area contributed by atoms with Crippen molar-refractivity contribution in [3.63, 3.8) is 0 Å². The van der Waals surface area contributed by atoms with E-state index in [1.807, 2.05) is 24.3 Å². The number of hydrogen-bond donors (Lipinski definition) is 2. The van der Waals surface area contributed by atoms with Gasteiger partial charge in [-0.25, -0.2) is 4.99 Å². The van der Waals surface area contributed by atoms with Gasteiger partial charge in [0.25, 0.3) is 5.69 Å². The number of methoxy groups -OCH3 is 1. The first-order chi connectivity index (χ1) is 15.7. The number of hydrogen-bond acceptors (Lipinski definition) is 6. The third-order valence-electron chi connectivity index (χ3n) is 5.25. The summed E-state index contributed by atoms with van der Waals surface area (Å²) >= 11 is 0. The van der Waals surface area contributed by atoms with Gasteiger partial charge in [-0.3, -0.25) is 15.0 Å². The van der Waals surface area contributed by atoms with Crippen LogP contribution in [0.5, 0.6) is 5.75 Å². The van der Waals surface area contributed by atoms with Crippen molar-refractivity contribution in [2.24, 2.45) is 4.99 Å². The van der Waals surface area contributed by atoms with Crippen LogP contribution in [0.4, 0.5) is 5.69 Å². The van der Waals surface area contributed by atoms with Gasteiger partial charge >= 0.3 is 0 Å². The Labute approximate surface area is 188 Å². The van der Waals surface area contributed by atoms with E-state index in [0.717, 1.165) is 62.7 Å². The number of morpholine rings is 1. The molecule has 0 aromatic heterocycles.